The smallest absolute Gasteiger partial charge is 0.180 e. The molecule has 0 aromatic carbocycles. The Morgan fingerprint density at radius 2 is 2.31 bits per heavy atom. The average Bonchev–Trinajstić information content (AvgIpc) is 2.61. The second-order valence-electron chi connectivity index (χ2n) is 2.29. The average molecular weight is 195 g/mol. The van der Waals surface area contributed by atoms with Crippen molar-refractivity contribution in [3.8, 4) is 11.5 Å². The fraction of sp³-hybridized carbons (Fsp3) is 0.143. The third kappa shape index (κ3) is 1.58. The van der Waals surface area contributed by atoms with E-state index < -0.39 is 0 Å². The van der Waals surface area contributed by atoms with E-state index in [2.05, 4.69) is 10.0 Å². The number of rotatable bonds is 2. The summed E-state index contributed by atoms with van der Waals surface area (Å²) in [5, 5.41) is 7.04. The van der Waals surface area contributed by atoms with Gasteiger partial charge in [0.2, 0.25) is 0 Å². The van der Waals surface area contributed by atoms with Gasteiger partial charge in [-0.25, -0.2) is 0 Å². The Kier molecular flexibility index (Phi) is 2.08. The number of hydrogen-bond donors (Lipinski definition) is 0. The maximum absolute atomic E-state index is 8.09. The molecule has 2 rings (SSSR count). The van der Waals surface area contributed by atoms with Crippen LogP contribution in [0.4, 0.5) is 0 Å². The van der Waals surface area contributed by atoms with Crippen molar-refractivity contribution in [3.63, 3.8) is 0 Å². The van der Waals surface area contributed by atoms with Gasteiger partial charge in [0.15, 0.2) is 11.5 Å². The molecule has 6 heteroatoms. The van der Waals surface area contributed by atoms with Crippen LogP contribution in [0.15, 0.2) is 27.9 Å². The van der Waals surface area contributed by atoms with Gasteiger partial charge in [-0.15, -0.1) is 11.3 Å². The van der Waals surface area contributed by atoms with Crippen LogP contribution in [0.2, 0.25) is 0 Å². The molecule has 1 aliphatic rings. The van der Waals surface area contributed by atoms with Crippen LogP contribution in [0.1, 0.15) is 0 Å². The van der Waals surface area contributed by atoms with Crippen LogP contribution in [-0.2, 0) is 0 Å². The Morgan fingerprint density at radius 3 is 3.15 bits per heavy atom. The zero-order chi connectivity index (χ0) is 9.10. The molecule has 0 unspecified atom stereocenters. The van der Waals surface area contributed by atoms with Gasteiger partial charge in [-0.1, -0.05) is 5.11 Å². The van der Waals surface area contributed by atoms with Crippen molar-refractivity contribution >= 4 is 11.3 Å². The molecule has 1 aromatic rings. The van der Waals surface area contributed by atoms with Gasteiger partial charge in [0.25, 0.3) is 0 Å². The first-order valence-corrected chi connectivity index (χ1v) is 4.45. The van der Waals surface area contributed by atoms with Crippen LogP contribution in [0.3, 0.4) is 0 Å². The molecule has 0 aliphatic carbocycles. The van der Waals surface area contributed by atoms with E-state index in [0.717, 1.165) is 0 Å². The molecule has 1 aliphatic heterocycles. The normalized spacial score (nSPS) is 13.1. The highest BCUT2D eigenvalue weighted by Gasteiger charge is 2.13. The van der Waals surface area contributed by atoms with Gasteiger partial charge >= 0.3 is 0 Å². The second-order valence-corrected chi connectivity index (χ2v) is 3.04. The van der Waals surface area contributed by atoms with Gasteiger partial charge < -0.3 is 9.47 Å². The van der Waals surface area contributed by atoms with Crippen molar-refractivity contribution < 1.29 is 9.47 Å². The summed E-state index contributed by atoms with van der Waals surface area (Å²) in [5.41, 5.74) is 8.09. The summed E-state index contributed by atoms with van der Waals surface area (Å²) in [6, 6.07) is 0. The number of fused-ring (bicyclic) bond motifs is 1. The van der Waals surface area contributed by atoms with Crippen LogP contribution in [0, 0.1) is 0 Å². The summed E-state index contributed by atoms with van der Waals surface area (Å²) in [6.45, 7) is 0.172. The highest BCUT2D eigenvalue weighted by atomic mass is 32.1. The highest BCUT2D eigenvalue weighted by Crippen LogP contribution is 2.35. The molecule has 0 N–H and O–H groups in total. The van der Waals surface area contributed by atoms with E-state index in [4.69, 9.17) is 15.0 Å². The first kappa shape index (κ1) is 7.97. The molecule has 0 bridgehead atoms. The number of hydrogen-bond acceptors (Lipinski definition) is 4. The van der Waals surface area contributed by atoms with Gasteiger partial charge in [-0.3, -0.25) is 0 Å². The first-order chi connectivity index (χ1) is 6.40. The molecule has 0 fully saturated rings. The molecule has 5 nitrogen and oxygen atoms in total. The Labute approximate surface area is 77.8 Å². The molecule has 0 atom stereocenters. The fourth-order valence-electron chi connectivity index (χ4n) is 0.899. The van der Waals surface area contributed by atoms with Crippen LogP contribution >= 0.6 is 11.3 Å². The Bertz CT molecular complexity index is 392. The molecule has 0 saturated heterocycles. The summed E-state index contributed by atoms with van der Waals surface area (Å²) in [7, 11) is 0. The van der Waals surface area contributed by atoms with Crippen molar-refractivity contribution in [1.82, 2.24) is 0 Å². The largest absolute Gasteiger partial charge is 0.457 e. The minimum atomic E-state index is 0.172. The van der Waals surface area contributed by atoms with E-state index in [0.29, 0.717) is 17.3 Å². The van der Waals surface area contributed by atoms with Crippen LogP contribution in [0.25, 0.3) is 10.4 Å². The van der Waals surface area contributed by atoms with E-state index in [-0.39, 0.29) is 6.54 Å². The molecule has 0 radical (unpaired) electrons. The summed E-state index contributed by atoms with van der Waals surface area (Å²) in [5.74, 6) is 1.90. The van der Waals surface area contributed by atoms with Gasteiger partial charge in [0.05, 0.1) is 6.54 Å². The summed E-state index contributed by atoms with van der Waals surface area (Å²) in [6.07, 6.45) is 1.45. The van der Waals surface area contributed by atoms with Gasteiger partial charge in [0.1, 0.15) is 12.0 Å². The SMILES string of the molecule is [N-]=[N+]=NCC1=COc2cscc2O1. The number of azide groups is 1. The van der Waals surface area contributed by atoms with E-state index in [1.807, 2.05) is 10.8 Å². The highest BCUT2D eigenvalue weighted by molar-refractivity contribution is 7.08. The predicted molar refractivity (Wildman–Crippen MR) is 47.7 cm³/mol. The third-order valence-corrected chi connectivity index (χ3v) is 2.14. The molecule has 0 saturated carbocycles. The lowest BCUT2D eigenvalue weighted by Gasteiger charge is -2.13. The van der Waals surface area contributed by atoms with Crippen molar-refractivity contribution in [3.05, 3.63) is 33.2 Å². The lowest BCUT2D eigenvalue weighted by atomic mass is 10.4. The van der Waals surface area contributed by atoms with Crippen molar-refractivity contribution in [2.75, 3.05) is 6.54 Å². The van der Waals surface area contributed by atoms with E-state index in [1.54, 1.807) is 0 Å². The van der Waals surface area contributed by atoms with Gasteiger partial charge in [-0.05, 0) is 5.53 Å². The molecule has 13 heavy (non-hydrogen) atoms. The second kappa shape index (κ2) is 3.38. The monoisotopic (exact) mass is 195 g/mol. The van der Waals surface area contributed by atoms with E-state index >= 15 is 0 Å². The predicted octanol–water partition coefficient (Wildman–Crippen LogP) is 2.67. The van der Waals surface area contributed by atoms with Crippen molar-refractivity contribution in [2.45, 2.75) is 0 Å². The molecule has 2 heterocycles. The Hall–Kier alpha value is -1.65. The summed E-state index contributed by atoms with van der Waals surface area (Å²) in [4.78, 5) is 2.62. The minimum Gasteiger partial charge on any atom is -0.457 e. The first-order valence-electron chi connectivity index (χ1n) is 3.51. The molecular weight excluding hydrogens is 190 g/mol. The molecule has 0 spiro atoms. The number of nitrogens with zero attached hydrogens (tertiary/aromatic N) is 3. The molecule has 66 valence electrons. The van der Waals surface area contributed by atoms with Crippen molar-refractivity contribution in [2.24, 2.45) is 5.11 Å². The Morgan fingerprint density at radius 1 is 1.46 bits per heavy atom. The molecular formula is C7H5N3O2S. The van der Waals surface area contributed by atoms with E-state index in [9.17, 15) is 0 Å². The minimum absolute atomic E-state index is 0.172. The standard InChI is InChI=1S/C7H5N3O2S/c8-10-9-1-5-2-11-6-3-13-4-7(6)12-5/h2-4H,1H2. The summed E-state index contributed by atoms with van der Waals surface area (Å²) < 4.78 is 10.6. The summed E-state index contributed by atoms with van der Waals surface area (Å²) >= 11 is 1.49. The van der Waals surface area contributed by atoms with Crippen LogP contribution in [-0.4, -0.2) is 6.54 Å². The van der Waals surface area contributed by atoms with Gasteiger partial charge in [0, 0.05) is 15.7 Å². The van der Waals surface area contributed by atoms with Crippen molar-refractivity contribution in [1.29, 1.82) is 0 Å². The van der Waals surface area contributed by atoms with E-state index in [1.165, 1.54) is 17.6 Å². The lowest BCUT2D eigenvalue weighted by molar-refractivity contribution is 0.324. The quantitative estimate of drug-likeness (QED) is 0.413. The lowest BCUT2D eigenvalue weighted by Crippen LogP contribution is -2.05. The Balaban J connectivity index is 2.12. The third-order valence-electron chi connectivity index (χ3n) is 1.44. The maximum atomic E-state index is 8.09. The number of thiophene rings is 1. The molecule has 1 aromatic heterocycles. The maximum Gasteiger partial charge on any atom is 0.180 e. The van der Waals surface area contributed by atoms with Crippen LogP contribution < -0.4 is 9.47 Å². The molecule has 0 amide bonds. The zero-order valence-corrected chi connectivity index (χ0v) is 7.32. The zero-order valence-electron chi connectivity index (χ0n) is 6.51. The number of ether oxygens (including phenoxy) is 2. The van der Waals surface area contributed by atoms with Crippen LogP contribution in [0.5, 0.6) is 11.5 Å². The van der Waals surface area contributed by atoms with Gasteiger partial charge in [-0.2, -0.15) is 0 Å². The fourth-order valence-corrected chi connectivity index (χ4v) is 1.55. The topological polar surface area (TPSA) is 67.2 Å².